The van der Waals surface area contributed by atoms with Gasteiger partial charge in [0.05, 0.1) is 12.5 Å². The van der Waals surface area contributed by atoms with Crippen LogP contribution in [0.3, 0.4) is 0 Å². The van der Waals surface area contributed by atoms with Gasteiger partial charge < -0.3 is 20.7 Å². The number of ether oxygens (including phenoxy) is 1. The van der Waals surface area contributed by atoms with Gasteiger partial charge in [0.15, 0.2) is 0 Å². The van der Waals surface area contributed by atoms with Crippen LogP contribution in [0.4, 0.5) is 0 Å². The van der Waals surface area contributed by atoms with Crippen molar-refractivity contribution in [3.63, 3.8) is 0 Å². The molecule has 1 aliphatic heterocycles. The van der Waals surface area contributed by atoms with E-state index in [0.717, 1.165) is 29.4 Å². The molecule has 154 valence electrons. The molecular formula is C24H25N3O3. The zero-order valence-corrected chi connectivity index (χ0v) is 16.9. The molecule has 30 heavy (non-hydrogen) atoms. The zero-order chi connectivity index (χ0) is 20.9. The average Bonchev–Trinajstić information content (AvgIpc) is 2.75. The van der Waals surface area contributed by atoms with E-state index in [2.05, 4.69) is 16.0 Å². The Morgan fingerprint density at radius 2 is 1.83 bits per heavy atom. The first-order chi connectivity index (χ1) is 14.6. The molecule has 2 amide bonds. The molecular weight excluding hydrogens is 378 g/mol. The molecule has 3 aromatic carbocycles. The first kappa shape index (κ1) is 19.9. The average molecular weight is 403 g/mol. The lowest BCUT2D eigenvalue weighted by Gasteiger charge is -2.28. The van der Waals surface area contributed by atoms with Gasteiger partial charge in [0, 0.05) is 25.7 Å². The maximum atomic E-state index is 13.0. The van der Waals surface area contributed by atoms with Crippen LogP contribution in [0.5, 0.6) is 5.75 Å². The van der Waals surface area contributed by atoms with Crippen LogP contribution < -0.4 is 20.7 Å². The Morgan fingerprint density at radius 1 is 1.07 bits per heavy atom. The quantitative estimate of drug-likeness (QED) is 0.567. The van der Waals surface area contributed by atoms with Crippen LogP contribution >= 0.6 is 0 Å². The summed E-state index contributed by atoms with van der Waals surface area (Å²) in [6.45, 7) is 1.62. The van der Waals surface area contributed by atoms with Gasteiger partial charge in [0.25, 0.3) is 5.91 Å². The molecule has 1 saturated heterocycles. The molecule has 1 aliphatic rings. The summed E-state index contributed by atoms with van der Waals surface area (Å²) < 4.78 is 5.86. The number of fused-ring (bicyclic) bond motifs is 1. The molecule has 1 atom stereocenters. The Bertz CT molecular complexity index is 1060. The van der Waals surface area contributed by atoms with Gasteiger partial charge in [0.2, 0.25) is 5.91 Å². The summed E-state index contributed by atoms with van der Waals surface area (Å²) >= 11 is 0. The van der Waals surface area contributed by atoms with Crippen molar-refractivity contribution in [2.75, 3.05) is 20.1 Å². The minimum Gasteiger partial charge on any atom is -0.488 e. The lowest BCUT2D eigenvalue weighted by atomic mass is 9.96. The molecule has 3 N–H and O–H groups in total. The highest BCUT2D eigenvalue weighted by molar-refractivity contribution is 5.96. The van der Waals surface area contributed by atoms with E-state index in [9.17, 15) is 9.59 Å². The molecule has 0 bridgehead atoms. The van der Waals surface area contributed by atoms with Gasteiger partial charge in [-0.05, 0) is 34.5 Å². The molecule has 0 radical (unpaired) electrons. The monoisotopic (exact) mass is 403 g/mol. The second kappa shape index (κ2) is 8.97. The van der Waals surface area contributed by atoms with Crippen LogP contribution in [0, 0.1) is 0 Å². The number of hydrogen-bond donors (Lipinski definition) is 3. The van der Waals surface area contributed by atoms with E-state index in [0.29, 0.717) is 11.3 Å². The Hall–Kier alpha value is -3.38. The summed E-state index contributed by atoms with van der Waals surface area (Å²) in [5.41, 5.74) is 1.42. The van der Waals surface area contributed by atoms with Crippen molar-refractivity contribution < 1.29 is 14.3 Å². The zero-order valence-electron chi connectivity index (χ0n) is 16.9. The third-order valence-electron chi connectivity index (χ3n) is 5.32. The van der Waals surface area contributed by atoms with Gasteiger partial charge in [-0.3, -0.25) is 9.59 Å². The fourth-order valence-electron chi connectivity index (χ4n) is 3.57. The van der Waals surface area contributed by atoms with Crippen LogP contribution in [0.25, 0.3) is 10.8 Å². The van der Waals surface area contributed by atoms with Crippen LogP contribution in [0.1, 0.15) is 28.4 Å². The summed E-state index contributed by atoms with van der Waals surface area (Å²) in [7, 11) is 1.60. The van der Waals surface area contributed by atoms with E-state index in [4.69, 9.17) is 4.74 Å². The standard InChI is InChI=1S/C24H25N3O3/c1-25-23(28)13-22(21-11-5-7-16-6-2-3-10-20(16)21)27-24(29)17-8-4-9-18(12-17)30-19-14-26-15-19/h2-12,19,22,26H,13-15H2,1H3,(H,25,28)(H,27,29)/t22-/m1/s1. The summed E-state index contributed by atoms with van der Waals surface area (Å²) in [4.78, 5) is 25.2. The predicted octanol–water partition coefficient (Wildman–Crippen LogP) is 2.80. The van der Waals surface area contributed by atoms with Gasteiger partial charge in [0.1, 0.15) is 11.9 Å². The Labute approximate surface area is 175 Å². The van der Waals surface area contributed by atoms with Crippen LogP contribution in [-0.2, 0) is 4.79 Å². The molecule has 0 unspecified atom stereocenters. The Kier molecular flexibility index (Phi) is 5.95. The SMILES string of the molecule is CNC(=O)C[C@@H](NC(=O)c1cccc(OC2CNC2)c1)c1cccc2ccccc12. The van der Waals surface area contributed by atoms with Crippen LogP contribution in [0.2, 0.25) is 0 Å². The lowest BCUT2D eigenvalue weighted by molar-refractivity contribution is -0.121. The van der Waals surface area contributed by atoms with E-state index in [1.165, 1.54) is 0 Å². The van der Waals surface area contributed by atoms with E-state index in [1.54, 1.807) is 19.2 Å². The highest BCUT2D eigenvalue weighted by Gasteiger charge is 2.22. The van der Waals surface area contributed by atoms with E-state index in [-0.39, 0.29) is 24.3 Å². The minimum absolute atomic E-state index is 0.136. The highest BCUT2D eigenvalue weighted by atomic mass is 16.5. The number of hydrogen-bond acceptors (Lipinski definition) is 4. The van der Waals surface area contributed by atoms with Gasteiger partial charge >= 0.3 is 0 Å². The molecule has 1 fully saturated rings. The molecule has 3 aromatic rings. The largest absolute Gasteiger partial charge is 0.488 e. The lowest BCUT2D eigenvalue weighted by Crippen LogP contribution is -2.50. The van der Waals surface area contributed by atoms with Crippen molar-refractivity contribution in [2.45, 2.75) is 18.6 Å². The van der Waals surface area contributed by atoms with Crippen LogP contribution in [0.15, 0.2) is 66.7 Å². The second-order valence-corrected chi connectivity index (χ2v) is 7.40. The summed E-state index contributed by atoms with van der Waals surface area (Å²) in [6, 6.07) is 20.6. The third kappa shape index (κ3) is 4.44. The fourth-order valence-corrected chi connectivity index (χ4v) is 3.57. The number of nitrogens with one attached hydrogen (secondary N) is 3. The summed E-state index contributed by atoms with van der Waals surface area (Å²) in [5.74, 6) is 0.291. The summed E-state index contributed by atoms with van der Waals surface area (Å²) in [5, 5.41) is 10.9. The maximum absolute atomic E-state index is 13.0. The Balaban J connectivity index is 1.59. The molecule has 4 rings (SSSR count). The highest BCUT2D eigenvalue weighted by Crippen LogP contribution is 2.27. The molecule has 6 nitrogen and oxygen atoms in total. The number of amides is 2. The van der Waals surface area contributed by atoms with Crippen molar-refractivity contribution in [1.82, 2.24) is 16.0 Å². The predicted molar refractivity (Wildman–Crippen MR) is 117 cm³/mol. The van der Waals surface area contributed by atoms with E-state index in [1.807, 2.05) is 54.6 Å². The molecule has 0 spiro atoms. The van der Waals surface area contributed by atoms with E-state index < -0.39 is 6.04 Å². The molecule has 6 heteroatoms. The van der Waals surface area contributed by atoms with Gasteiger partial charge in [-0.1, -0.05) is 48.5 Å². The minimum atomic E-state index is -0.455. The van der Waals surface area contributed by atoms with Crippen LogP contribution in [-0.4, -0.2) is 38.1 Å². The van der Waals surface area contributed by atoms with Crippen molar-refractivity contribution in [3.05, 3.63) is 77.9 Å². The summed E-state index contributed by atoms with van der Waals surface area (Å²) in [6.07, 6.45) is 0.292. The molecule has 0 aliphatic carbocycles. The third-order valence-corrected chi connectivity index (χ3v) is 5.32. The van der Waals surface area contributed by atoms with Crippen molar-refractivity contribution in [2.24, 2.45) is 0 Å². The van der Waals surface area contributed by atoms with Gasteiger partial charge in [-0.25, -0.2) is 0 Å². The first-order valence-electron chi connectivity index (χ1n) is 10.1. The fraction of sp³-hybridized carbons (Fsp3) is 0.250. The van der Waals surface area contributed by atoms with E-state index >= 15 is 0 Å². The normalized spacial score (nSPS) is 14.6. The second-order valence-electron chi connectivity index (χ2n) is 7.40. The van der Waals surface area contributed by atoms with Gasteiger partial charge in [-0.15, -0.1) is 0 Å². The van der Waals surface area contributed by atoms with Gasteiger partial charge in [-0.2, -0.15) is 0 Å². The Morgan fingerprint density at radius 3 is 2.60 bits per heavy atom. The topological polar surface area (TPSA) is 79.5 Å². The number of rotatable bonds is 7. The van der Waals surface area contributed by atoms with Crippen molar-refractivity contribution in [1.29, 1.82) is 0 Å². The molecule has 0 aromatic heterocycles. The number of carbonyl (C=O) groups is 2. The van der Waals surface area contributed by atoms with Crippen molar-refractivity contribution >= 4 is 22.6 Å². The molecule has 1 heterocycles. The van der Waals surface area contributed by atoms with Crippen molar-refractivity contribution in [3.8, 4) is 5.75 Å². The molecule has 0 saturated carbocycles. The smallest absolute Gasteiger partial charge is 0.251 e. The first-order valence-corrected chi connectivity index (χ1v) is 10.1. The number of carbonyl (C=O) groups excluding carboxylic acids is 2. The number of benzene rings is 3. The maximum Gasteiger partial charge on any atom is 0.251 e.